The molecular formula is C17H18FN3O3S. The van der Waals surface area contributed by atoms with Crippen LogP contribution >= 0.6 is 0 Å². The minimum atomic E-state index is -3.88. The van der Waals surface area contributed by atoms with Crippen LogP contribution in [0.2, 0.25) is 0 Å². The summed E-state index contributed by atoms with van der Waals surface area (Å²) in [6, 6.07) is 8.78. The first-order chi connectivity index (χ1) is 12.0. The molecule has 0 saturated carbocycles. The molecule has 132 valence electrons. The van der Waals surface area contributed by atoms with Gasteiger partial charge >= 0.3 is 0 Å². The van der Waals surface area contributed by atoms with Gasteiger partial charge in [0.2, 0.25) is 15.9 Å². The van der Waals surface area contributed by atoms with Crippen LogP contribution < -0.4 is 5.32 Å². The molecule has 0 spiro atoms. The molecule has 0 radical (unpaired) electrons. The molecule has 8 heteroatoms. The fourth-order valence-electron chi connectivity index (χ4n) is 2.83. The minimum absolute atomic E-state index is 0.157. The molecule has 1 aliphatic rings. The number of halogens is 1. The summed E-state index contributed by atoms with van der Waals surface area (Å²) in [6.45, 7) is 0.365. The second kappa shape index (κ2) is 7.28. The highest BCUT2D eigenvalue weighted by molar-refractivity contribution is 7.89. The van der Waals surface area contributed by atoms with Crippen LogP contribution in [0.25, 0.3) is 0 Å². The zero-order valence-electron chi connectivity index (χ0n) is 13.4. The highest BCUT2D eigenvalue weighted by atomic mass is 32.2. The average Bonchev–Trinajstić information content (AvgIpc) is 2.63. The van der Waals surface area contributed by atoms with Gasteiger partial charge in [-0.15, -0.1) is 0 Å². The van der Waals surface area contributed by atoms with Gasteiger partial charge in [0, 0.05) is 25.2 Å². The zero-order chi connectivity index (χ0) is 17.9. The van der Waals surface area contributed by atoms with Crippen LogP contribution in [-0.2, 0) is 14.8 Å². The number of hydrogen-bond donors (Lipinski definition) is 1. The van der Waals surface area contributed by atoms with Crippen molar-refractivity contribution in [1.82, 2.24) is 9.29 Å². The van der Waals surface area contributed by atoms with E-state index in [1.165, 1.54) is 22.5 Å². The summed E-state index contributed by atoms with van der Waals surface area (Å²) in [7, 11) is -3.88. The number of carbonyl (C=O) groups is 1. The molecule has 1 N–H and O–H groups in total. The summed E-state index contributed by atoms with van der Waals surface area (Å²) in [5.74, 6) is -1.21. The maximum atomic E-state index is 13.8. The van der Waals surface area contributed by atoms with Gasteiger partial charge < -0.3 is 5.32 Å². The van der Waals surface area contributed by atoms with Crippen molar-refractivity contribution >= 4 is 21.6 Å². The van der Waals surface area contributed by atoms with E-state index in [2.05, 4.69) is 10.3 Å². The van der Waals surface area contributed by atoms with Crippen molar-refractivity contribution in [3.8, 4) is 0 Å². The van der Waals surface area contributed by atoms with Gasteiger partial charge in [-0.1, -0.05) is 12.1 Å². The number of hydrogen-bond acceptors (Lipinski definition) is 4. The molecular weight excluding hydrogens is 345 g/mol. The van der Waals surface area contributed by atoms with Crippen LogP contribution in [-0.4, -0.2) is 36.7 Å². The van der Waals surface area contributed by atoms with Gasteiger partial charge in [0.25, 0.3) is 0 Å². The van der Waals surface area contributed by atoms with Gasteiger partial charge in [-0.25, -0.2) is 12.8 Å². The molecule has 1 fully saturated rings. The summed E-state index contributed by atoms with van der Waals surface area (Å²) >= 11 is 0. The fourth-order valence-corrected chi connectivity index (χ4v) is 4.37. The van der Waals surface area contributed by atoms with Crippen molar-refractivity contribution < 1.29 is 17.6 Å². The van der Waals surface area contributed by atoms with Gasteiger partial charge in [-0.2, -0.15) is 4.31 Å². The first kappa shape index (κ1) is 17.5. The molecule has 3 rings (SSSR count). The number of piperidine rings is 1. The number of pyridine rings is 1. The van der Waals surface area contributed by atoms with Crippen LogP contribution in [0.5, 0.6) is 0 Å². The Morgan fingerprint density at radius 2 is 1.88 bits per heavy atom. The summed E-state index contributed by atoms with van der Waals surface area (Å²) in [5, 5.41) is 2.78. The molecule has 0 atom stereocenters. The maximum absolute atomic E-state index is 13.8. The number of amides is 1. The Hall–Kier alpha value is -2.32. The van der Waals surface area contributed by atoms with Crippen molar-refractivity contribution in [2.75, 3.05) is 18.4 Å². The average molecular weight is 363 g/mol. The first-order valence-corrected chi connectivity index (χ1v) is 9.38. The van der Waals surface area contributed by atoms with E-state index < -0.39 is 15.8 Å². The number of aromatic nitrogens is 1. The summed E-state index contributed by atoms with van der Waals surface area (Å²) in [4.78, 5) is 15.9. The molecule has 2 aromatic rings. The van der Waals surface area contributed by atoms with Crippen LogP contribution in [0.15, 0.2) is 53.7 Å². The zero-order valence-corrected chi connectivity index (χ0v) is 14.2. The van der Waals surface area contributed by atoms with E-state index >= 15 is 0 Å². The van der Waals surface area contributed by atoms with Crippen LogP contribution in [0.4, 0.5) is 10.1 Å². The molecule has 6 nitrogen and oxygen atoms in total. The third-order valence-electron chi connectivity index (χ3n) is 4.21. The summed E-state index contributed by atoms with van der Waals surface area (Å²) in [5.41, 5.74) is 0.605. The van der Waals surface area contributed by atoms with Crippen LogP contribution in [0, 0.1) is 11.7 Å². The van der Waals surface area contributed by atoms with Crippen LogP contribution in [0.3, 0.4) is 0 Å². The van der Waals surface area contributed by atoms with Crippen molar-refractivity contribution in [1.29, 1.82) is 0 Å². The quantitative estimate of drug-likeness (QED) is 0.904. The highest BCUT2D eigenvalue weighted by Gasteiger charge is 2.33. The third kappa shape index (κ3) is 3.85. The van der Waals surface area contributed by atoms with Crippen LogP contribution in [0.1, 0.15) is 12.8 Å². The molecule has 2 heterocycles. The fraction of sp³-hybridized carbons (Fsp3) is 0.294. The standard InChI is InChI=1S/C17H18FN3O3S/c18-15-5-1-2-6-16(15)25(23,24)21-10-7-13(8-11-21)17(22)20-14-4-3-9-19-12-14/h1-6,9,12-13H,7-8,10-11H2,(H,20,22). The smallest absolute Gasteiger partial charge is 0.245 e. The Labute approximate surface area is 145 Å². The molecule has 1 aromatic carbocycles. The number of rotatable bonds is 4. The lowest BCUT2D eigenvalue weighted by Gasteiger charge is -2.30. The van der Waals surface area contributed by atoms with Crippen molar-refractivity contribution in [3.05, 3.63) is 54.6 Å². The maximum Gasteiger partial charge on any atom is 0.245 e. The van der Waals surface area contributed by atoms with E-state index in [1.54, 1.807) is 24.5 Å². The number of nitrogens with one attached hydrogen (secondary N) is 1. The van der Waals surface area contributed by atoms with E-state index in [-0.39, 0.29) is 29.8 Å². The number of benzene rings is 1. The summed E-state index contributed by atoms with van der Waals surface area (Å²) in [6.07, 6.45) is 3.94. The van der Waals surface area contributed by atoms with Crippen molar-refractivity contribution in [2.45, 2.75) is 17.7 Å². The SMILES string of the molecule is O=C(Nc1cccnc1)C1CCN(S(=O)(=O)c2ccccc2F)CC1. The summed E-state index contributed by atoms with van der Waals surface area (Å²) < 4.78 is 40.2. The Kier molecular flexibility index (Phi) is 5.10. The monoisotopic (exact) mass is 363 g/mol. The predicted octanol–water partition coefficient (Wildman–Crippen LogP) is 2.26. The molecule has 1 aliphatic heterocycles. The number of carbonyl (C=O) groups excluding carboxylic acids is 1. The largest absolute Gasteiger partial charge is 0.324 e. The molecule has 0 bridgehead atoms. The molecule has 0 aliphatic carbocycles. The van der Waals surface area contributed by atoms with E-state index in [9.17, 15) is 17.6 Å². The Morgan fingerprint density at radius 3 is 2.52 bits per heavy atom. The normalized spacial score (nSPS) is 16.5. The Balaban J connectivity index is 1.64. The highest BCUT2D eigenvalue weighted by Crippen LogP contribution is 2.26. The van der Waals surface area contributed by atoms with Gasteiger partial charge in [0.15, 0.2) is 0 Å². The van der Waals surface area contributed by atoms with Crippen molar-refractivity contribution in [3.63, 3.8) is 0 Å². The van der Waals surface area contributed by atoms with Crippen molar-refractivity contribution in [2.24, 2.45) is 5.92 Å². The van der Waals surface area contributed by atoms with Gasteiger partial charge in [-0.05, 0) is 37.1 Å². The van der Waals surface area contributed by atoms with Gasteiger partial charge in [0.1, 0.15) is 10.7 Å². The van der Waals surface area contributed by atoms with Gasteiger partial charge in [-0.3, -0.25) is 9.78 Å². The first-order valence-electron chi connectivity index (χ1n) is 7.94. The van der Waals surface area contributed by atoms with E-state index in [0.717, 1.165) is 6.07 Å². The lowest BCUT2D eigenvalue weighted by Crippen LogP contribution is -2.41. The topological polar surface area (TPSA) is 79.4 Å². The van der Waals surface area contributed by atoms with E-state index in [1.807, 2.05) is 0 Å². The predicted molar refractivity (Wildman–Crippen MR) is 90.7 cm³/mol. The number of sulfonamides is 1. The van der Waals surface area contributed by atoms with E-state index in [0.29, 0.717) is 18.5 Å². The lowest BCUT2D eigenvalue weighted by molar-refractivity contribution is -0.120. The second-order valence-electron chi connectivity index (χ2n) is 5.84. The Morgan fingerprint density at radius 1 is 1.16 bits per heavy atom. The molecule has 1 aromatic heterocycles. The minimum Gasteiger partial charge on any atom is -0.324 e. The lowest BCUT2D eigenvalue weighted by atomic mass is 9.97. The molecule has 1 saturated heterocycles. The number of anilines is 1. The second-order valence-corrected chi connectivity index (χ2v) is 7.75. The van der Waals surface area contributed by atoms with Gasteiger partial charge in [0.05, 0.1) is 11.9 Å². The molecule has 25 heavy (non-hydrogen) atoms. The third-order valence-corrected chi connectivity index (χ3v) is 6.14. The molecule has 0 unspecified atom stereocenters. The number of nitrogens with zero attached hydrogens (tertiary/aromatic N) is 2. The van der Waals surface area contributed by atoms with E-state index in [4.69, 9.17) is 0 Å². The molecule has 1 amide bonds. The Bertz CT molecular complexity index is 850.